The number of rotatable bonds is 2. The second-order valence-electron chi connectivity index (χ2n) is 2.76. The summed E-state index contributed by atoms with van der Waals surface area (Å²) >= 11 is 0. The van der Waals surface area contributed by atoms with Gasteiger partial charge in [-0.2, -0.15) is 0 Å². The quantitative estimate of drug-likeness (QED) is 0.681. The van der Waals surface area contributed by atoms with Crippen molar-refractivity contribution in [2.75, 3.05) is 14.2 Å². The lowest BCUT2D eigenvalue weighted by Crippen LogP contribution is -2.08. The highest BCUT2D eigenvalue weighted by Crippen LogP contribution is 2.26. The van der Waals surface area contributed by atoms with Crippen LogP contribution >= 0.6 is 0 Å². The number of ether oxygens (including phenoxy) is 2. The van der Waals surface area contributed by atoms with Crippen LogP contribution in [0, 0.1) is 12.7 Å². The van der Waals surface area contributed by atoms with Crippen LogP contribution in [0.4, 0.5) is 4.39 Å². The van der Waals surface area contributed by atoms with Gasteiger partial charge in [0.15, 0.2) is 0 Å². The molecular weight excluding hydrogens is 187 g/mol. The third kappa shape index (κ3) is 1.69. The van der Waals surface area contributed by atoms with Crippen molar-refractivity contribution in [2.24, 2.45) is 0 Å². The summed E-state index contributed by atoms with van der Waals surface area (Å²) in [4.78, 5) is 11.2. The summed E-state index contributed by atoms with van der Waals surface area (Å²) in [6.07, 6.45) is 0. The first-order valence-electron chi connectivity index (χ1n) is 4.03. The van der Waals surface area contributed by atoms with Crippen molar-refractivity contribution in [3.05, 3.63) is 29.1 Å². The number of methoxy groups -OCH3 is 2. The van der Waals surface area contributed by atoms with E-state index in [1.54, 1.807) is 13.0 Å². The zero-order chi connectivity index (χ0) is 10.7. The number of benzene rings is 1. The molecule has 4 heteroatoms. The smallest absolute Gasteiger partial charge is 0.344 e. The predicted molar refractivity (Wildman–Crippen MR) is 49.0 cm³/mol. The molecule has 1 aromatic rings. The molecule has 0 aliphatic heterocycles. The summed E-state index contributed by atoms with van der Waals surface area (Å²) in [5, 5.41) is 0. The minimum Gasteiger partial charge on any atom is -0.495 e. The van der Waals surface area contributed by atoms with Crippen LogP contribution in [0.2, 0.25) is 0 Å². The molecule has 0 aliphatic carbocycles. The molecule has 0 atom stereocenters. The minimum absolute atomic E-state index is 0.157. The second-order valence-corrected chi connectivity index (χ2v) is 2.76. The standard InChI is InChI=1S/C10H11FO3/c1-6-4-5-7(11)8(9(6)13-2)10(12)14-3/h4-5H,1-3H3. The highest BCUT2D eigenvalue weighted by Gasteiger charge is 2.19. The van der Waals surface area contributed by atoms with Gasteiger partial charge < -0.3 is 9.47 Å². The fraction of sp³-hybridized carbons (Fsp3) is 0.300. The third-order valence-corrected chi connectivity index (χ3v) is 1.90. The van der Waals surface area contributed by atoms with Gasteiger partial charge in [-0.1, -0.05) is 6.07 Å². The number of halogens is 1. The lowest BCUT2D eigenvalue weighted by atomic mass is 10.1. The van der Waals surface area contributed by atoms with Crippen LogP contribution in [-0.4, -0.2) is 20.2 Å². The molecule has 1 aromatic carbocycles. The van der Waals surface area contributed by atoms with Crippen LogP contribution in [-0.2, 0) is 4.74 Å². The minimum atomic E-state index is -0.733. The molecule has 0 aromatic heterocycles. The van der Waals surface area contributed by atoms with Gasteiger partial charge in [-0.05, 0) is 18.6 Å². The number of aryl methyl sites for hydroxylation is 1. The van der Waals surface area contributed by atoms with Gasteiger partial charge in [0.25, 0.3) is 0 Å². The molecule has 0 amide bonds. The number of hydrogen-bond acceptors (Lipinski definition) is 3. The Kier molecular flexibility index (Phi) is 3.06. The molecule has 0 saturated carbocycles. The molecular formula is C10H11FO3. The zero-order valence-electron chi connectivity index (χ0n) is 8.26. The summed E-state index contributed by atoms with van der Waals surface area (Å²) in [5.41, 5.74) is 0.532. The van der Waals surface area contributed by atoms with E-state index in [-0.39, 0.29) is 11.3 Å². The van der Waals surface area contributed by atoms with Crippen molar-refractivity contribution in [1.29, 1.82) is 0 Å². The first-order valence-corrected chi connectivity index (χ1v) is 4.03. The molecule has 76 valence electrons. The predicted octanol–water partition coefficient (Wildman–Crippen LogP) is 1.93. The van der Waals surface area contributed by atoms with Crippen molar-refractivity contribution >= 4 is 5.97 Å². The Hall–Kier alpha value is -1.58. The molecule has 0 saturated heterocycles. The van der Waals surface area contributed by atoms with E-state index < -0.39 is 11.8 Å². The second kappa shape index (κ2) is 4.09. The largest absolute Gasteiger partial charge is 0.495 e. The Morgan fingerprint density at radius 2 is 2.00 bits per heavy atom. The summed E-state index contributed by atoms with van der Waals surface area (Å²) in [5.74, 6) is -1.15. The van der Waals surface area contributed by atoms with Crippen LogP contribution < -0.4 is 4.74 Å². The van der Waals surface area contributed by atoms with E-state index in [1.807, 2.05) is 0 Å². The van der Waals surface area contributed by atoms with Gasteiger partial charge in [0.05, 0.1) is 14.2 Å². The van der Waals surface area contributed by atoms with Crippen LogP contribution in [0.15, 0.2) is 12.1 Å². The molecule has 0 bridgehead atoms. The summed E-state index contributed by atoms with van der Waals surface area (Å²) in [6.45, 7) is 1.73. The Morgan fingerprint density at radius 3 is 2.50 bits per heavy atom. The van der Waals surface area contributed by atoms with Crippen molar-refractivity contribution in [3.63, 3.8) is 0 Å². The first-order chi connectivity index (χ1) is 6.61. The van der Waals surface area contributed by atoms with Crippen molar-refractivity contribution in [3.8, 4) is 5.75 Å². The Balaban J connectivity index is 3.37. The van der Waals surface area contributed by atoms with Crippen molar-refractivity contribution in [1.82, 2.24) is 0 Å². The fourth-order valence-corrected chi connectivity index (χ4v) is 1.22. The van der Waals surface area contributed by atoms with Gasteiger partial charge in [0.1, 0.15) is 17.1 Å². The lowest BCUT2D eigenvalue weighted by Gasteiger charge is -2.10. The first kappa shape index (κ1) is 10.5. The van der Waals surface area contributed by atoms with Crippen molar-refractivity contribution in [2.45, 2.75) is 6.92 Å². The summed E-state index contributed by atoms with van der Waals surface area (Å²) in [6, 6.07) is 2.75. The van der Waals surface area contributed by atoms with Gasteiger partial charge in [-0.25, -0.2) is 9.18 Å². The topological polar surface area (TPSA) is 35.5 Å². The lowest BCUT2D eigenvalue weighted by molar-refractivity contribution is 0.0591. The monoisotopic (exact) mass is 198 g/mol. The van der Waals surface area contributed by atoms with Crippen molar-refractivity contribution < 1.29 is 18.7 Å². The van der Waals surface area contributed by atoms with Crippen LogP contribution in [0.3, 0.4) is 0 Å². The van der Waals surface area contributed by atoms with E-state index in [0.29, 0.717) is 5.56 Å². The van der Waals surface area contributed by atoms with Gasteiger partial charge in [0, 0.05) is 0 Å². The zero-order valence-corrected chi connectivity index (χ0v) is 8.26. The van der Waals surface area contributed by atoms with Gasteiger partial charge >= 0.3 is 5.97 Å². The van der Waals surface area contributed by atoms with E-state index in [2.05, 4.69) is 4.74 Å². The van der Waals surface area contributed by atoms with Crippen LogP contribution in [0.1, 0.15) is 15.9 Å². The van der Waals surface area contributed by atoms with Crippen LogP contribution in [0.5, 0.6) is 5.75 Å². The summed E-state index contributed by atoms with van der Waals surface area (Å²) in [7, 11) is 2.58. The molecule has 0 spiro atoms. The molecule has 0 heterocycles. The number of carbonyl (C=O) groups excluding carboxylic acids is 1. The van der Waals surface area contributed by atoms with E-state index >= 15 is 0 Å². The van der Waals surface area contributed by atoms with E-state index in [9.17, 15) is 9.18 Å². The Bertz CT molecular complexity index is 361. The third-order valence-electron chi connectivity index (χ3n) is 1.90. The molecule has 0 N–H and O–H groups in total. The van der Waals surface area contributed by atoms with Crippen LogP contribution in [0.25, 0.3) is 0 Å². The number of carbonyl (C=O) groups is 1. The van der Waals surface area contributed by atoms with Gasteiger partial charge in [-0.15, -0.1) is 0 Å². The van der Waals surface area contributed by atoms with Gasteiger partial charge in [-0.3, -0.25) is 0 Å². The molecule has 0 aliphatic rings. The average molecular weight is 198 g/mol. The van der Waals surface area contributed by atoms with Gasteiger partial charge in [0.2, 0.25) is 0 Å². The summed E-state index contributed by atoms with van der Waals surface area (Å²) < 4.78 is 22.7. The Morgan fingerprint density at radius 1 is 1.36 bits per heavy atom. The molecule has 3 nitrogen and oxygen atoms in total. The van der Waals surface area contributed by atoms with E-state index in [0.717, 1.165) is 0 Å². The highest BCUT2D eigenvalue weighted by atomic mass is 19.1. The fourth-order valence-electron chi connectivity index (χ4n) is 1.22. The molecule has 0 radical (unpaired) electrons. The SMILES string of the molecule is COC(=O)c1c(F)ccc(C)c1OC. The number of esters is 1. The average Bonchev–Trinajstić information content (AvgIpc) is 2.19. The maximum atomic E-state index is 13.3. The molecule has 1 rings (SSSR count). The normalized spacial score (nSPS) is 9.71. The molecule has 0 unspecified atom stereocenters. The van der Waals surface area contributed by atoms with E-state index in [4.69, 9.17) is 4.74 Å². The number of hydrogen-bond donors (Lipinski definition) is 0. The van der Waals surface area contributed by atoms with E-state index in [1.165, 1.54) is 20.3 Å². The molecule has 14 heavy (non-hydrogen) atoms. The Labute approximate surface area is 81.4 Å². The maximum absolute atomic E-state index is 13.3. The molecule has 0 fully saturated rings. The highest BCUT2D eigenvalue weighted by molar-refractivity contribution is 5.93. The maximum Gasteiger partial charge on any atom is 0.344 e.